The summed E-state index contributed by atoms with van der Waals surface area (Å²) in [5.74, 6) is -2.06. The van der Waals surface area contributed by atoms with Gasteiger partial charge in [-0.25, -0.2) is 9.78 Å². The van der Waals surface area contributed by atoms with Crippen LogP contribution in [-0.4, -0.2) is 39.7 Å². The molecule has 94 valence electrons. The Morgan fingerprint density at radius 1 is 1.56 bits per heavy atom. The lowest BCUT2D eigenvalue weighted by molar-refractivity contribution is -0.140. The first kappa shape index (κ1) is 13.6. The molecule has 1 aromatic rings. The van der Waals surface area contributed by atoms with E-state index in [1.165, 1.54) is 12.1 Å². The predicted octanol–water partition coefficient (Wildman–Crippen LogP) is -0.563. The molecule has 0 aliphatic carbocycles. The molecule has 0 aliphatic heterocycles. The number of pyridine rings is 1. The van der Waals surface area contributed by atoms with Crippen LogP contribution in [0, 0.1) is 18.3 Å². The summed E-state index contributed by atoms with van der Waals surface area (Å²) in [5, 5.41) is 28.3. The number of hydrogen-bond acceptors (Lipinski definition) is 5. The van der Waals surface area contributed by atoms with Gasteiger partial charge < -0.3 is 15.5 Å². The molecule has 7 nitrogen and oxygen atoms in total. The van der Waals surface area contributed by atoms with Crippen molar-refractivity contribution in [3.63, 3.8) is 0 Å². The number of aliphatic hydroxyl groups excluding tert-OH is 1. The van der Waals surface area contributed by atoms with Crippen LogP contribution in [0.1, 0.15) is 21.7 Å². The molecule has 0 unspecified atom stereocenters. The summed E-state index contributed by atoms with van der Waals surface area (Å²) in [7, 11) is 0. The highest BCUT2D eigenvalue weighted by Crippen LogP contribution is 2.05. The van der Waals surface area contributed by atoms with Gasteiger partial charge in [0, 0.05) is 0 Å². The number of aryl methyl sites for hydroxylation is 1. The van der Waals surface area contributed by atoms with Crippen LogP contribution < -0.4 is 5.32 Å². The van der Waals surface area contributed by atoms with Gasteiger partial charge >= 0.3 is 5.97 Å². The highest BCUT2D eigenvalue weighted by atomic mass is 16.4. The Morgan fingerprint density at radius 2 is 2.22 bits per heavy atom. The fourth-order valence-electron chi connectivity index (χ4n) is 1.22. The van der Waals surface area contributed by atoms with Crippen LogP contribution in [0.5, 0.6) is 0 Å². The molecule has 3 N–H and O–H groups in total. The fourth-order valence-corrected chi connectivity index (χ4v) is 1.22. The molecular formula is C11H11N3O4. The number of amides is 1. The van der Waals surface area contributed by atoms with Crippen LogP contribution in [0.25, 0.3) is 0 Å². The zero-order chi connectivity index (χ0) is 13.7. The summed E-state index contributed by atoms with van der Waals surface area (Å²) in [4.78, 5) is 26.1. The Labute approximate surface area is 103 Å². The SMILES string of the molecule is Cc1nc(C(=O)N[C@@H](CO)C(=O)O)ccc1C#N. The van der Waals surface area contributed by atoms with E-state index in [4.69, 9.17) is 15.5 Å². The number of carboxylic acids is 1. The lowest BCUT2D eigenvalue weighted by atomic mass is 10.2. The lowest BCUT2D eigenvalue weighted by Gasteiger charge is -2.11. The van der Waals surface area contributed by atoms with Crippen molar-refractivity contribution in [2.75, 3.05) is 6.61 Å². The van der Waals surface area contributed by atoms with Crippen LogP contribution in [0.2, 0.25) is 0 Å². The summed E-state index contributed by atoms with van der Waals surface area (Å²) in [6, 6.07) is 3.26. The minimum absolute atomic E-state index is 0.00815. The van der Waals surface area contributed by atoms with Gasteiger partial charge in [0.15, 0.2) is 6.04 Å². The average molecular weight is 249 g/mol. The molecule has 1 amide bonds. The van der Waals surface area contributed by atoms with Gasteiger partial charge in [0.2, 0.25) is 0 Å². The summed E-state index contributed by atoms with van der Waals surface area (Å²) in [6.07, 6.45) is 0. The van der Waals surface area contributed by atoms with Crippen molar-refractivity contribution < 1.29 is 19.8 Å². The number of carbonyl (C=O) groups excluding carboxylic acids is 1. The molecule has 1 atom stereocenters. The second kappa shape index (κ2) is 5.75. The number of nitrogens with one attached hydrogen (secondary N) is 1. The van der Waals surface area contributed by atoms with Crippen molar-refractivity contribution in [3.8, 4) is 6.07 Å². The second-order valence-electron chi connectivity index (χ2n) is 3.49. The summed E-state index contributed by atoms with van der Waals surface area (Å²) >= 11 is 0. The molecule has 0 aromatic carbocycles. The number of aliphatic hydroxyl groups is 1. The van der Waals surface area contributed by atoms with E-state index < -0.39 is 24.5 Å². The largest absolute Gasteiger partial charge is 0.480 e. The van der Waals surface area contributed by atoms with Crippen molar-refractivity contribution >= 4 is 11.9 Å². The van der Waals surface area contributed by atoms with Crippen molar-refractivity contribution in [3.05, 3.63) is 29.1 Å². The molecule has 1 heterocycles. The standard InChI is InChI=1S/C11H11N3O4/c1-6-7(4-12)2-3-8(13-6)10(16)14-9(5-15)11(17)18/h2-3,9,15H,5H2,1H3,(H,14,16)(H,17,18)/t9-/m0/s1. The van der Waals surface area contributed by atoms with Gasteiger partial charge in [-0.1, -0.05) is 0 Å². The summed E-state index contributed by atoms with van der Waals surface area (Å²) in [6.45, 7) is 0.854. The Morgan fingerprint density at radius 3 is 2.67 bits per heavy atom. The monoisotopic (exact) mass is 249 g/mol. The normalized spacial score (nSPS) is 11.4. The third-order valence-corrected chi connectivity index (χ3v) is 2.22. The second-order valence-corrected chi connectivity index (χ2v) is 3.49. The fraction of sp³-hybridized carbons (Fsp3) is 0.273. The van der Waals surface area contributed by atoms with Gasteiger partial charge in [0.05, 0.1) is 17.9 Å². The molecule has 0 fully saturated rings. The van der Waals surface area contributed by atoms with Crippen molar-refractivity contribution in [1.82, 2.24) is 10.3 Å². The molecule has 0 saturated heterocycles. The molecule has 0 saturated carbocycles. The van der Waals surface area contributed by atoms with E-state index in [1.54, 1.807) is 6.92 Å². The summed E-state index contributed by atoms with van der Waals surface area (Å²) < 4.78 is 0. The number of carboxylic acid groups (broad SMARTS) is 1. The number of carbonyl (C=O) groups is 2. The minimum atomic E-state index is -1.38. The molecule has 0 bridgehead atoms. The van der Waals surface area contributed by atoms with Gasteiger partial charge in [-0.3, -0.25) is 4.79 Å². The topological polar surface area (TPSA) is 123 Å². The number of nitrogens with zero attached hydrogens (tertiary/aromatic N) is 2. The smallest absolute Gasteiger partial charge is 0.328 e. The van der Waals surface area contributed by atoms with E-state index >= 15 is 0 Å². The third-order valence-electron chi connectivity index (χ3n) is 2.22. The molecule has 0 spiro atoms. The molecule has 0 radical (unpaired) electrons. The number of rotatable bonds is 4. The number of aromatic nitrogens is 1. The first-order valence-corrected chi connectivity index (χ1v) is 5.02. The van der Waals surface area contributed by atoms with Crippen LogP contribution >= 0.6 is 0 Å². The van der Waals surface area contributed by atoms with Crippen LogP contribution in [0.4, 0.5) is 0 Å². The molecule has 1 aromatic heterocycles. The van der Waals surface area contributed by atoms with Gasteiger partial charge in [-0.05, 0) is 19.1 Å². The highest BCUT2D eigenvalue weighted by Gasteiger charge is 2.20. The van der Waals surface area contributed by atoms with Gasteiger partial charge in [0.25, 0.3) is 5.91 Å². The molecule has 7 heteroatoms. The number of nitriles is 1. The summed E-state index contributed by atoms with van der Waals surface area (Å²) in [5.41, 5.74) is 0.704. The van der Waals surface area contributed by atoms with E-state index in [9.17, 15) is 9.59 Å². The number of hydrogen-bond donors (Lipinski definition) is 3. The molecule has 0 aliphatic rings. The van der Waals surface area contributed by atoms with Crippen LogP contribution in [-0.2, 0) is 4.79 Å². The maximum Gasteiger partial charge on any atom is 0.328 e. The molecular weight excluding hydrogens is 238 g/mol. The van der Waals surface area contributed by atoms with Crippen LogP contribution in [0.3, 0.4) is 0 Å². The van der Waals surface area contributed by atoms with E-state index in [0.717, 1.165) is 0 Å². The predicted molar refractivity (Wildman–Crippen MR) is 59.7 cm³/mol. The van der Waals surface area contributed by atoms with E-state index in [0.29, 0.717) is 11.3 Å². The first-order chi connectivity index (χ1) is 8.49. The Kier molecular flexibility index (Phi) is 4.34. The third kappa shape index (κ3) is 3.02. The minimum Gasteiger partial charge on any atom is -0.480 e. The quantitative estimate of drug-likeness (QED) is 0.657. The van der Waals surface area contributed by atoms with Crippen molar-refractivity contribution in [2.45, 2.75) is 13.0 Å². The average Bonchev–Trinajstić information content (AvgIpc) is 2.35. The highest BCUT2D eigenvalue weighted by molar-refractivity contribution is 5.95. The molecule has 18 heavy (non-hydrogen) atoms. The van der Waals surface area contributed by atoms with Crippen molar-refractivity contribution in [2.24, 2.45) is 0 Å². The van der Waals surface area contributed by atoms with Crippen LogP contribution in [0.15, 0.2) is 12.1 Å². The maximum atomic E-state index is 11.6. The molecule has 1 rings (SSSR count). The van der Waals surface area contributed by atoms with E-state index in [-0.39, 0.29) is 5.69 Å². The van der Waals surface area contributed by atoms with Gasteiger partial charge in [-0.2, -0.15) is 5.26 Å². The van der Waals surface area contributed by atoms with Crippen molar-refractivity contribution in [1.29, 1.82) is 5.26 Å². The van der Waals surface area contributed by atoms with E-state index in [2.05, 4.69) is 10.3 Å². The van der Waals surface area contributed by atoms with E-state index in [1.807, 2.05) is 6.07 Å². The maximum absolute atomic E-state index is 11.6. The van der Waals surface area contributed by atoms with Gasteiger partial charge in [-0.15, -0.1) is 0 Å². The van der Waals surface area contributed by atoms with Gasteiger partial charge in [0.1, 0.15) is 11.8 Å². The lowest BCUT2D eigenvalue weighted by Crippen LogP contribution is -2.43. The number of aliphatic carboxylic acids is 1. The zero-order valence-corrected chi connectivity index (χ0v) is 9.54. The Balaban J connectivity index is 2.89. The Hall–Kier alpha value is -2.46. The zero-order valence-electron chi connectivity index (χ0n) is 9.54. The Bertz CT molecular complexity index is 522. The first-order valence-electron chi connectivity index (χ1n) is 5.02.